The minimum absolute atomic E-state index is 0. The Morgan fingerprint density at radius 1 is 0.640 bits per heavy atom. The molecule has 0 N–H and O–H groups in total. The van der Waals surface area contributed by atoms with Crippen LogP contribution >= 0.6 is 0 Å². The van der Waals surface area contributed by atoms with Gasteiger partial charge in [0.15, 0.2) is 0 Å². The Morgan fingerprint density at radius 2 is 0.920 bits per heavy atom. The van der Waals surface area contributed by atoms with Gasteiger partial charge >= 0.3 is 19.5 Å². The van der Waals surface area contributed by atoms with Crippen molar-refractivity contribution in [1.29, 1.82) is 0 Å². The van der Waals surface area contributed by atoms with Crippen molar-refractivity contribution in [1.82, 2.24) is 0 Å². The molecule has 0 amide bonds. The van der Waals surface area contributed by atoms with E-state index in [1.165, 1.54) is 12.1 Å². The Labute approximate surface area is 161 Å². The molecular weight excluding hydrogens is 418 g/mol. The molecule has 2 aromatic carbocycles. The second-order valence-corrected chi connectivity index (χ2v) is 8.14. The van der Waals surface area contributed by atoms with E-state index >= 15 is 0 Å². The van der Waals surface area contributed by atoms with Crippen LogP contribution in [0.1, 0.15) is 22.3 Å². The molecule has 0 bridgehead atoms. The quantitative estimate of drug-likeness (QED) is 0.528. The van der Waals surface area contributed by atoms with Crippen LogP contribution in [-0.4, -0.2) is 25.9 Å². The summed E-state index contributed by atoms with van der Waals surface area (Å²) in [4.78, 5) is -0.245. The second-order valence-electron chi connectivity index (χ2n) is 5.45. The van der Waals surface area contributed by atoms with Crippen LogP contribution in [0.3, 0.4) is 0 Å². The predicted molar refractivity (Wildman–Crippen MR) is 87.8 cm³/mol. The first-order valence-corrected chi connectivity index (χ1v) is 9.70. The van der Waals surface area contributed by atoms with E-state index in [-0.39, 0.29) is 29.3 Å². The van der Waals surface area contributed by atoms with Crippen molar-refractivity contribution in [2.24, 2.45) is 0 Å². The van der Waals surface area contributed by atoms with Gasteiger partial charge in [0.1, 0.15) is 20.2 Å². The molecule has 0 spiro atoms. The molecule has 9 heteroatoms. The molecule has 2 rings (SSSR count). The molecule has 0 aliphatic carbocycles. The molecule has 0 aliphatic heterocycles. The summed E-state index contributed by atoms with van der Waals surface area (Å²) in [5.74, 6) is 0. The Hall–Kier alpha value is -1.12. The average Bonchev–Trinajstić information content (AvgIpc) is 2.42. The Kier molecular flexibility index (Phi) is 8.60. The first kappa shape index (κ1) is 23.9. The van der Waals surface area contributed by atoms with E-state index < -0.39 is 20.2 Å². The molecule has 0 saturated carbocycles. The molecule has 0 saturated heterocycles. The molecule has 0 fully saturated rings. The van der Waals surface area contributed by atoms with Crippen molar-refractivity contribution in [3.63, 3.8) is 0 Å². The monoisotopic (exact) mass is 434 g/mol. The second kappa shape index (κ2) is 9.01. The van der Waals surface area contributed by atoms with Crippen molar-refractivity contribution in [3.05, 3.63) is 58.7 Å². The van der Waals surface area contributed by atoms with Gasteiger partial charge in [0.25, 0.3) is 0 Å². The van der Waals surface area contributed by atoms with Crippen molar-refractivity contribution in [3.8, 4) is 0 Å². The number of rotatable bonds is 2. The molecule has 0 radical (unpaired) electrons. The first-order valence-electron chi connectivity index (χ1n) is 6.88. The van der Waals surface area contributed by atoms with Gasteiger partial charge in [0, 0.05) is 0 Å². The van der Waals surface area contributed by atoms with Crippen molar-refractivity contribution >= 4 is 20.2 Å². The Bertz CT molecular complexity index is 871. The van der Waals surface area contributed by atoms with Gasteiger partial charge in [-0.3, -0.25) is 0 Å². The van der Waals surface area contributed by atoms with Crippen LogP contribution in [0.25, 0.3) is 0 Å². The van der Waals surface area contributed by atoms with Crippen LogP contribution in [-0.2, 0) is 39.7 Å². The van der Waals surface area contributed by atoms with Gasteiger partial charge in [-0.05, 0) is 62.1 Å². The van der Waals surface area contributed by atoms with E-state index in [2.05, 4.69) is 0 Å². The van der Waals surface area contributed by atoms with Crippen molar-refractivity contribution in [2.75, 3.05) is 0 Å². The van der Waals surface area contributed by atoms with Gasteiger partial charge < -0.3 is 9.11 Å². The van der Waals surface area contributed by atoms with Crippen LogP contribution in [0.15, 0.2) is 46.2 Å². The summed E-state index contributed by atoms with van der Waals surface area (Å²) in [6, 6.07) is 9.56. The summed E-state index contributed by atoms with van der Waals surface area (Å²) in [7, 11) is -8.61. The third kappa shape index (κ3) is 7.34. The van der Waals surface area contributed by atoms with Gasteiger partial charge in [0.05, 0.1) is 9.79 Å². The van der Waals surface area contributed by atoms with Gasteiger partial charge in [0.2, 0.25) is 0 Å². The smallest absolute Gasteiger partial charge is 0.744 e. The molecule has 0 heterocycles. The normalized spacial score (nSPS) is 11.1. The molecule has 0 unspecified atom stereocenters. The minimum Gasteiger partial charge on any atom is -0.744 e. The maximum atomic E-state index is 10.7. The van der Waals surface area contributed by atoms with Crippen molar-refractivity contribution < 1.29 is 45.4 Å². The van der Waals surface area contributed by atoms with E-state index in [0.717, 1.165) is 11.1 Å². The summed E-state index contributed by atoms with van der Waals surface area (Å²) in [6.45, 7) is 6.69. The zero-order valence-corrected chi connectivity index (χ0v) is 19.0. The predicted octanol–water partition coefficient (Wildman–Crippen LogP) is 2.41. The van der Waals surface area contributed by atoms with E-state index in [1.807, 2.05) is 0 Å². The maximum absolute atomic E-state index is 10.7. The van der Waals surface area contributed by atoms with Crippen LogP contribution in [0.5, 0.6) is 0 Å². The third-order valence-corrected chi connectivity index (χ3v) is 5.18. The zero-order chi connectivity index (χ0) is 18.7. The van der Waals surface area contributed by atoms with Crippen LogP contribution in [0.4, 0.5) is 0 Å². The molecule has 25 heavy (non-hydrogen) atoms. The average molecular weight is 436 g/mol. The molecule has 0 aromatic heterocycles. The largest absolute Gasteiger partial charge is 2.00 e. The fourth-order valence-electron chi connectivity index (χ4n) is 1.95. The van der Waals surface area contributed by atoms with Crippen molar-refractivity contribution in [2.45, 2.75) is 37.5 Å². The summed E-state index contributed by atoms with van der Waals surface area (Å²) < 4.78 is 63.9. The van der Waals surface area contributed by atoms with E-state index in [0.29, 0.717) is 11.1 Å². The van der Waals surface area contributed by atoms with Gasteiger partial charge in [-0.25, -0.2) is 16.8 Å². The fraction of sp³-hybridized carbons (Fsp3) is 0.250. The molecular formula is C16H18O6S2Zn. The Balaban J connectivity index is 0.000000443. The first-order chi connectivity index (χ1) is 10.8. The summed E-state index contributed by atoms with van der Waals surface area (Å²) >= 11 is 0. The standard InChI is InChI=1S/2C8H10O3S.Zn/c2*1-6-3-4-7(2)8(5-6)12(9,10)11;/h2*3-5H,1-2H3,(H,9,10,11);/q;;+2/p-2. The fourth-order valence-corrected chi connectivity index (χ4v) is 3.54. The van der Waals surface area contributed by atoms with E-state index in [9.17, 15) is 25.9 Å². The minimum atomic E-state index is -4.31. The molecule has 0 atom stereocenters. The van der Waals surface area contributed by atoms with E-state index in [4.69, 9.17) is 0 Å². The summed E-state index contributed by atoms with van der Waals surface area (Å²) in [6.07, 6.45) is 0. The topological polar surface area (TPSA) is 114 Å². The summed E-state index contributed by atoms with van der Waals surface area (Å²) in [5.41, 5.74) is 2.54. The zero-order valence-electron chi connectivity index (χ0n) is 14.4. The van der Waals surface area contributed by atoms with Gasteiger partial charge in [-0.1, -0.05) is 24.3 Å². The SMILES string of the molecule is Cc1ccc(C)c(S(=O)(=O)[O-])c1.Cc1ccc(C)c(S(=O)(=O)[O-])c1.[Zn+2]. The van der Waals surface area contributed by atoms with Gasteiger partial charge in [-0.2, -0.15) is 0 Å². The van der Waals surface area contributed by atoms with E-state index in [1.54, 1.807) is 52.0 Å². The van der Waals surface area contributed by atoms with Crippen LogP contribution in [0, 0.1) is 27.7 Å². The third-order valence-electron chi connectivity index (χ3n) is 3.23. The molecule has 132 valence electrons. The van der Waals surface area contributed by atoms with Crippen LogP contribution < -0.4 is 0 Å². The summed E-state index contributed by atoms with van der Waals surface area (Å²) in [5, 5.41) is 0. The number of aryl methyl sites for hydroxylation is 4. The molecule has 2 aromatic rings. The number of hydrogen-bond donors (Lipinski definition) is 0. The number of hydrogen-bond acceptors (Lipinski definition) is 6. The molecule has 6 nitrogen and oxygen atoms in total. The Morgan fingerprint density at radius 3 is 1.12 bits per heavy atom. The van der Waals surface area contributed by atoms with Crippen LogP contribution in [0.2, 0.25) is 0 Å². The van der Waals surface area contributed by atoms with Gasteiger partial charge in [-0.15, -0.1) is 0 Å². The number of benzene rings is 2. The maximum Gasteiger partial charge on any atom is 2.00 e. The molecule has 0 aliphatic rings.